The smallest absolute Gasteiger partial charge is 0.0154 e. The highest BCUT2D eigenvalue weighted by Gasteiger charge is 2.36. The van der Waals surface area contributed by atoms with Crippen LogP contribution in [-0.2, 0) is 0 Å². The normalized spacial score (nSPS) is 25.0. The molecule has 0 unspecified atom stereocenters. The van der Waals surface area contributed by atoms with Crippen LogP contribution in [0.15, 0.2) is 42.2 Å². The van der Waals surface area contributed by atoms with Crippen LogP contribution < -0.4 is 0 Å². The molecule has 1 spiro atoms. The largest absolute Gasteiger partial charge is 0.129 e. The van der Waals surface area contributed by atoms with Gasteiger partial charge in [0, 0.05) is 5.41 Å². The van der Waals surface area contributed by atoms with Gasteiger partial charge in [0.25, 0.3) is 0 Å². The standard InChI is InChI=1S/C10H10/c1-2-9-7-10(8-9)5-3-4-6-10/h3-6H,1,7-8H2. The van der Waals surface area contributed by atoms with Crippen molar-refractivity contribution in [1.82, 2.24) is 0 Å². The van der Waals surface area contributed by atoms with Crippen LogP contribution in [0.3, 0.4) is 0 Å². The van der Waals surface area contributed by atoms with E-state index in [1.165, 1.54) is 5.57 Å². The van der Waals surface area contributed by atoms with Crippen molar-refractivity contribution in [1.29, 1.82) is 0 Å². The van der Waals surface area contributed by atoms with E-state index in [0.29, 0.717) is 5.41 Å². The van der Waals surface area contributed by atoms with Crippen LogP contribution in [0.4, 0.5) is 0 Å². The molecule has 2 aliphatic carbocycles. The summed E-state index contributed by atoms with van der Waals surface area (Å²) in [6.45, 7) is 3.63. The van der Waals surface area contributed by atoms with E-state index in [2.05, 4.69) is 36.6 Å². The molecule has 0 saturated heterocycles. The molecular weight excluding hydrogens is 120 g/mol. The third-order valence-electron chi connectivity index (χ3n) is 2.30. The van der Waals surface area contributed by atoms with Crippen LogP contribution >= 0.6 is 0 Å². The molecule has 1 saturated carbocycles. The van der Waals surface area contributed by atoms with E-state index in [4.69, 9.17) is 0 Å². The Morgan fingerprint density at radius 3 is 2.40 bits per heavy atom. The molecule has 0 nitrogen and oxygen atoms in total. The molecule has 0 heteroatoms. The molecule has 2 rings (SSSR count). The Bertz CT molecular complexity index is 238. The maximum absolute atomic E-state index is 3.63. The lowest BCUT2D eigenvalue weighted by atomic mass is 9.67. The van der Waals surface area contributed by atoms with Gasteiger partial charge in [-0.25, -0.2) is 0 Å². The Hall–Kier alpha value is -1.00. The molecule has 0 aromatic carbocycles. The van der Waals surface area contributed by atoms with Gasteiger partial charge in [0.15, 0.2) is 0 Å². The van der Waals surface area contributed by atoms with E-state index in [0.717, 1.165) is 12.8 Å². The Kier molecular flexibility index (Phi) is 1.00. The monoisotopic (exact) mass is 130 g/mol. The van der Waals surface area contributed by atoms with Crippen LogP contribution in [-0.4, -0.2) is 0 Å². The fraction of sp³-hybridized carbons (Fsp3) is 0.300. The second-order valence-electron chi connectivity index (χ2n) is 3.09. The van der Waals surface area contributed by atoms with Crippen molar-refractivity contribution in [2.75, 3.05) is 0 Å². The summed E-state index contributed by atoms with van der Waals surface area (Å²) < 4.78 is 0. The molecule has 0 atom stereocenters. The molecular formula is C10H10. The van der Waals surface area contributed by atoms with Crippen LogP contribution in [0.5, 0.6) is 0 Å². The summed E-state index contributed by atoms with van der Waals surface area (Å²) in [5.41, 5.74) is 4.71. The van der Waals surface area contributed by atoms with Gasteiger partial charge >= 0.3 is 0 Å². The number of allylic oxidation sites excluding steroid dienone is 5. The van der Waals surface area contributed by atoms with E-state index in [9.17, 15) is 0 Å². The van der Waals surface area contributed by atoms with Crippen LogP contribution in [0.2, 0.25) is 0 Å². The van der Waals surface area contributed by atoms with Gasteiger partial charge in [0.1, 0.15) is 0 Å². The summed E-state index contributed by atoms with van der Waals surface area (Å²) in [6, 6.07) is 0. The first-order chi connectivity index (χ1) is 4.85. The van der Waals surface area contributed by atoms with Crippen molar-refractivity contribution < 1.29 is 0 Å². The minimum Gasteiger partial charge on any atom is -0.129 e. The maximum Gasteiger partial charge on any atom is 0.0154 e. The predicted octanol–water partition coefficient (Wildman–Crippen LogP) is 2.60. The van der Waals surface area contributed by atoms with Crippen molar-refractivity contribution in [2.45, 2.75) is 12.8 Å². The molecule has 0 amide bonds. The Morgan fingerprint density at radius 2 is 1.90 bits per heavy atom. The summed E-state index contributed by atoms with van der Waals surface area (Å²) in [5, 5.41) is 0. The fourth-order valence-electron chi connectivity index (χ4n) is 1.65. The van der Waals surface area contributed by atoms with Crippen LogP contribution in [0, 0.1) is 5.41 Å². The first kappa shape index (κ1) is 5.76. The van der Waals surface area contributed by atoms with Crippen LogP contribution in [0.1, 0.15) is 12.8 Å². The van der Waals surface area contributed by atoms with E-state index in [-0.39, 0.29) is 0 Å². The van der Waals surface area contributed by atoms with Gasteiger partial charge in [-0.3, -0.25) is 0 Å². The van der Waals surface area contributed by atoms with E-state index in [1.54, 1.807) is 0 Å². The zero-order valence-electron chi connectivity index (χ0n) is 5.93. The number of hydrogen-bond donors (Lipinski definition) is 0. The number of rotatable bonds is 0. The van der Waals surface area contributed by atoms with Gasteiger partial charge in [0.05, 0.1) is 0 Å². The lowest BCUT2D eigenvalue weighted by Crippen LogP contribution is -2.25. The van der Waals surface area contributed by atoms with E-state index < -0.39 is 0 Å². The van der Waals surface area contributed by atoms with Gasteiger partial charge in [-0.05, 0) is 18.4 Å². The van der Waals surface area contributed by atoms with Gasteiger partial charge in [-0.15, -0.1) is 5.73 Å². The minimum atomic E-state index is 0.389. The lowest BCUT2D eigenvalue weighted by molar-refractivity contribution is 0.385. The Balaban J connectivity index is 2.20. The molecule has 2 aliphatic rings. The highest BCUT2D eigenvalue weighted by molar-refractivity contribution is 5.36. The van der Waals surface area contributed by atoms with Crippen molar-refractivity contribution in [3.63, 3.8) is 0 Å². The maximum atomic E-state index is 3.63. The summed E-state index contributed by atoms with van der Waals surface area (Å²) >= 11 is 0. The molecule has 50 valence electrons. The molecule has 0 aromatic heterocycles. The van der Waals surface area contributed by atoms with Gasteiger partial charge in [0.2, 0.25) is 0 Å². The minimum absolute atomic E-state index is 0.389. The van der Waals surface area contributed by atoms with Crippen molar-refractivity contribution in [3.05, 3.63) is 42.2 Å². The van der Waals surface area contributed by atoms with E-state index in [1.807, 2.05) is 0 Å². The zero-order chi connectivity index (χ0) is 7.03. The summed E-state index contributed by atoms with van der Waals surface area (Å²) in [5.74, 6) is 0. The first-order valence-corrected chi connectivity index (χ1v) is 3.60. The van der Waals surface area contributed by atoms with Gasteiger partial charge in [-0.2, -0.15) is 0 Å². The first-order valence-electron chi connectivity index (χ1n) is 3.60. The molecule has 10 heavy (non-hydrogen) atoms. The summed E-state index contributed by atoms with van der Waals surface area (Å²) in [7, 11) is 0. The van der Waals surface area contributed by atoms with Crippen LogP contribution in [0.25, 0.3) is 0 Å². The third-order valence-corrected chi connectivity index (χ3v) is 2.30. The summed E-state index contributed by atoms with van der Waals surface area (Å²) in [4.78, 5) is 0. The summed E-state index contributed by atoms with van der Waals surface area (Å²) in [6.07, 6.45) is 11.1. The number of hydrogen-bond acceptors (Lipinski definition) is 0. The van der Waals surface area contributed by atoms with Crippen molar-refractivity contribution in [2.24, 2.45) is 5.41 Å². The van der Waals surface area contributed by atoms with Gasteiger partial charge in [-0.1, -0.05) is 30.9 Å². The fourth-order valence-corrected chi connectivity index (χ4v) is 1.65. The van der Waals surface area contributed by atoms with E-state index >= 15 is 0 Å². The highest BCUT2D eigenvalue weighted by atomic mass is 14.4. The lowest BCUT2D eigenvalue weighted by Gasteiger charge is -2.36. The molecule has 0 bridgehead atoms. The van der Waals surface area contributed by atoms with Gasteiger partial charge < -0.3 is 0 Å². The average molecular weight is 130 g/mol. The molecule has 0 heterocycles. The highest BCUT2D eigenvalue weighted by Crippen LogP contribution is 2.48. The SMILES string of the molecule is C=C=C1CC2(C=CC=C2)C1. The molecule has 0 N–H and O–H groups in total. The second kappa shape index (κ2) is 1.74. The Morgan fingerprint density at radius 1 is 1.30 bits per heavy atom. The predicted molar refractivity (Wildman–Crippen MR) is 42.6 cm³/mol. The molecule has 0 aliphatic heterocycles. The molecule has 0 aromatic rings. The second-order valence-corrected chi connectivity index (χ2v) is 3.09. The quantitative estimate of drug-likeness (QED) is 0.442. The molecule has 1 fully saturated rings. The average Bonchev–Trinajstić information content (AvgIpc) is 2.30. The zero-order valence-corrected chi connectivity index (χ0v) is 5.93. The van der Waals surface area contributed by atoms with Crippen molar-refractivity contribution >= 4 is 0 Å². The topological polar surface area (TPSA) is 0 Å². The third kappa shape index (κ3) is 0.630. The molecule has 0 radical (unpaired) electrons. The van der Waals surface area contributed by atoms with Crippen molar-refractivity contribution in [3.8, 4) is 0 Å². The Labute approximate surface area is 61.3 Å².